The summed E-state index contributed by atoms with van der Waals surface area (Å²) in [5.74, 6) is -1.21. The van der Waals surface area contributed by atoms with Crippen LogP contribution in [0.25, 0.3) is 5.69 Å². The van der Waals surface area contributed by atoms with Crippen LogP contribution in [0.2, 0.25) is 0 Å². The molecular weight excluding hydrogens is 220 g/mol. The minimum Gasteiger partial charge on any atom is -0.479 e. The number of hydrogen-bond acceptors (Lipinski definition) is 3. The molecule has 1 aromatic heterocycles. The largest absolute Gasteiger partial charge is 0.479 e. The first-order chi connectivity index (χ1) is 8.16. The van der Waals surface area contributed by atoms with Crippen molar-refractivity contribution in [2.75, 3.05) is 0 Å². The van der Waals surface area contributed by atoms with E-state index in [1.165, 1.54) is 0 Å². The average molecular weight is 232 g/mol. The fraction of sp³-hybridized carbons (Fsp3) is 0.167. The van der Waals surface area contributed by atoms with Crippen LogP contribution in [0.15, 0.2) is 42.7 Å². The second-order valence-electron chi connectivity index (χ2n) is 3.68. The van der Waals surface area contributed by atoms with Crippen molar-refractivity contribution in [3.05, 3.63) is 48.3 Å². The van der Waals surface area contributed by atoms with Gasteiger partial charge in [-0.1, -0.05) is 12.1 Å². The number of hydrogen-bond donors (Lipinski definition) is 2. The molecule has 1 unspecified atom stereocenters. The Balaban J connectivity index is 2.20. The van der Waals surface area contributed by atoms with E-state index < -0.39 is 12.1 Å². The van der Waals surface area contributed by atoms with Gasteiger partial charge in [-0.2, -0.15) is 5.10 Å². The number of aliphatic hydroxyl groups excluding tert-OH is 1. The van der Waals surface area contributed by atoms with Gasteiger partial charge in [0.05, 0.1) is 5.69 Å². The second kappa shape index (κ2) is 4.80. The number of carboxylic acid groups (broad SMARTS) is 1. The molecule has 0 aliphatic carbocycles. The predicted molar refractivity (Wildman–Crippen MR) is 60.9 cm³/mol. The van der Waals surface area contributed by atoms with Gasteiger partial charge in [0.15, 0.2) is 6.10 Å². The van der Waals surface area contributed by atoms with E-state index in [0.29, 0.717) is 0 Å². The third kappa shape index (κ3) is 2.70. The summed E-state index contributed by atoms with van der Waals surface area (Å²) >= 11 is 0. The molecular formula is C12H12N2O3. The molecule has 0 saturated heterocycles. The molecule has 0 radical (unpaired) electrons. The lowest BCUT2D eigenvalue weighted by molar-refractivity contribution is -0.146. The summed E-state index contributed by atoms with van der Waals surface area (Å²) in [7, 11) is 0. The Hall–Kier alpha value is -2.14. The van der Waals surface area contributed by atoms with Crippen LogP contribution in [0.1, 0.15) is 5.56 Å². The summed E-state index contributed by atoms with van der Waals surface area (Å²) in [5, 5.41) is 22.0. The van der Waals surface area contributed by atoms with E-state index in [2.05, 4.69) is 5.10 Å². The zero-order chi connectivity index (χ0) is 12.3. The number of aliphatic hydroxyl groups is 1. The molecule has 1 atom stereocenters. The number of rotatable bonds is 4. The molecule has 0 bridgehead atoms. The monoisotopic (exact) mass is 232 g/mol. The number of aromatic nitrogens is 2. The molecule has 0 fully saturated rings. The zero-order valence-electron chi connectivity index (χ0n) is 9.02. The Morgan fingerprint density at radius 2 is 2.24 bits per heavy atom. The molecule has 2 rings (SSSR count). The highest BCUT2D eigenvalue weighted by Crippen LogP contribution is 2.11. The van der Waals surface area contributed by atoms with Gasteiger partial charge in [-0.15, -0.1) is 0 Å². The van der Waals surface area contributed by atoms with E-state index in [1.54, 1.807) is 41.3 Å². The molecule has 88 valence electrons. The summed E-state index contributed by atoms with van der Waals surface area (Å²) in [6, 6.07) is 9.06. The number of aliphatic carboxylic acids is 1. The van der Waals surface area contributed by atoms with E-state index in [-0.39, 0.29) is 6.42 Å². The van der Waals surface area contributed by atoms with E-state index in [9.17, 15) is 9.90 Å². The summed E-state index contributed by atoms with van der Waals surface area (Å²) < 4.78 is 1.68. The highest BCUT2D eigenvalue weighted by Gasteiger charge is 2.13. The lowest BCUT2D eigenvalue weighted by Gasteiger charge is -2.07. The normalized spacial score (nSPS) is 12.3. The van der Waals surface area contributed by atoms with Crippen molar-refractivity contribution in [2.24, 2.45) is 0 Å². The lowest BCUT2D eigenvalue weighted by Crippen LogP contribution is -2.22. The molecule has 5 nitrogen and oxygen atoms in total. The van der Waals surface area contributed by atoms with Crippen molar-refractivity contribution in [1.29, 1.82) is 0 Å². The van der Waals surface area contributed by atoms with Gasteiger partial charge in [0.2, 0.25) is 0 Å². The van der Waals surface area contributed by atoms with Crippen molar-refractivity contribution in [3.63, 3.8) is 0 Å². The first-order valence-corrected chi connectivity index (χ1v) is 5.16. The van der Waals surface area contributed by atoms with Crippen LogP contribution in [0.3, 0.4) is 0 Å². The van der Waals surface area contributed by atoms with Crippen LogP contribution >= 0.6 is 0 Å². The number of carbonyl (C=O) groups is 1. The molecule has 1 heterocycles. The average Bonchev–Trinajstić information content (AvgIpc) is 2.82. The van der Waals surface area contributed by atoms with Crippen LogP contribution in [0.5, 0.6) is 0 Å². The summed E-state index contributed by atoms with van der Waals surface area (Å²) in [5.41, 5.74) is 1.60. The second-order valence-corrected chi connectivity index (χ2v) is 3.68. The van der Waals surface area contributed by atoms with Gasteiger partial charge in [-0.05, 0) is 23.8 Å². The van der Waals surface area contributed by atoms with E-state index in [0.717, 1.165) is 11.3 Å². The van der Waals surface area contributed by atoms with E-state index >= 15 is 0 Å². The van der Waals surface area contributed by atoms with Crippen LogP contribution in [0, 0.1) is 0 Å². The first-order valence-electron chi connectivity index (χ1n) is 5.16. The standard InChI is InChI=1S/C12H12N2O3/c15-11(12(16)17)8-9-3-1-4-10(7-9)14-6-2-5-13-14/h1-7,11,15H,8H2,(H,16,17). The molecule has 17 heavy (non-hydrogen) atoms. The summed E-state index contributed by atoms with van der Waals surface area (Å²) in [4.78, 5) is 10.5. The first kappa shape index (κ1) is 11.3. The number of carboxylic acids is 1. The highest BCUT2D eigenvalue weighted by molar-refractivity contribution is 5.72. The van der Waals surface area contributed by atoms with Crippen molar-refractivity contribution < 1.29 is 15.0 Å². The maximum Gasteiger partial charge on any atom is 0.332 e. The molecule has 2 aromatic rings. The molecule has 0 aliphatic rings. The van der Waals surface area contributed by atoms with Crippen molar-refractivity contribution >= 4 is 5.97 Å². The van der Waals surface area contributed by atoms with Crippen molar-refractivity contribution in [1.82, 2.24) is 9.78 Å². The molecule has 0 spiro atoms. The molecule has 0 amide bonds. The van der Waals surface area contributed by atoms with Crippen LogP contribution in [-0.4, -0.2) is 32.1 Å². The smallest absolute Gasteiger partial charge is 0.332 e. The van der Waals surface area contributed by atoms with Crippen LogP contribution in [-0.2, 0) is 11.2 Å². The number of nitrogens with zero attached hydrogens (tertiary/aromatic N) is 2. The molecule has 2 N–H and O–H groups in total. The van der Waals surface area contributed by atoms with Gasteiger partial charge in [-0.25, -0.2) is 9.48 Å². The van der Waals surface area contributed by atoms with Crippen LogP contribution < -0.4 is 0 Å². The Labute approximate surface area is 97.9 Å². The summed E-state index contributed by atoms with van der Waals surface area (Å²) in [6.07, 6.45) is 2.18. The quantitative estimate of drug-likeness (QED) is 0.819. The Morgan fingerprint density at radius 3 is 2.88 bits per heavy atom. The van der Waals surface area contributed by atoms with Gasteiger partial charge in [0, 0.05) is 18.8 Å². The molecule has 5 heteroatoms. The van der Waals surface area contributed by atoms with Gasteiger partial charge in [-0.3, -0.25) is 0 Å². The predicted octanol–water partition coefficient (Wildman–Crippen LogP) is 0.860. The minimum atomic E-state index is -1.37. The molecule has 0 saturated carbocycles. The van der Waals surface area contributed by atoms with E-state index in [1.807, 2.05) is 6.07 Å². The van der Waals surface area contributed by atoms with Crippen molar-refractivity contribution in [3.8, 4) is 5.69 Å². The van der Waals surface area contributed by atoms with Gasteiger partial charge >= 0.3 is 5.97 Å². The fourth-order valence-electron chi connectivity index (χ4n) is 1.56. The zero-order valence-corrected chi connectivity index (χ0v) is 9.02. The van der Waals surface area contributed by atoms with E-state index in [4.69, 9.17) is 5.11 Å². The number of benzene rings is 1. The topological polar surface area (TPSA) is 75.3 Å². The Morgan fingerprint density at radius 1 is 1.41 bits per heavy atom. The third-order valence-electron chi connectivity index (χ3n) is 2.39. The maximum absolute atomic E-state index is 10.5. The Kier molecular flexibility index (Phi) is 3.20. The minimum absolute atomic E-state index is 0.0877. The molecule has 0 aliphatic heterocycles. The third-order valence-corrected chi connectivity index (χ3v) is 2.39. The fourth-order valence-corrected chi connectivity index (χ4v) is 1.56. The SMILES string of the molecule is O=C(O)C(O)Cc1cccc(-n2cccn2)c1. The van der Waals surface area contributed by atoms with Crippen molar-refractivity contribution in [2.45, 2.75) is 12.5 Å². The maximum atomic E-state index is 10.5. The van der Waals surface area contributed by atoms with Gasteiger partial charge in [0.25, 0.3) is 0 Å². The highest BCUT2D eigenvalue weighted by atomic mass is 16.4. The van der Waals surface area contributed by atoms with Gasteiger partial charge < -0.3 is 10.2 Å². The van der Waals surface area contributed by atoms with Gasteiger partial charge in [0.1, 0.15) is 0 Å². The lowest BCUT2D eigenvalue weighted by atomic mass is 10.1. The molecule has 1 aromatic carbocycles. The summed E-state index contributed by atoms with van der Waals surface area (Å²) in [6.45, 7) is 0. The van der Waals surface area contributed by atoms with Crippen LogP contribution in [0.4, 0.5) is 0 Å². The Bertz CT molecular complexity index is 508.